The van der Waals surface area contributed by atoms with Gasteiger partial charge < -0.3 is 0 Å². The van der Waals surface area contributed by atoms with Crippen LogP contribution in [0.5, 0.6) is 0 Å². The molecule has 0 saturated carbocycles. The summed E-state index contributed by atoms with van der Waals surface area (Å²) < 4.78 is 27.3. The molecule has 0 heterocycles. The van der Waals surface area contributed by atoms with E-state index in [1.807, 2.05) is 0 Å². The van der Waals surface area contributed by atoms with Crippen molar-refractivity contribution in [2.45, 2.75) is 0 Å². The summed E-state index contributed by atoms with van der Waals surface area (Å²) in [5.41, 5.74) is 0. The topological polar surface area (TPSA) is 106 Å². The maximum Gasteiger partial charge on any atom is 0.268 e. The van der Waals surface area contributed by atoms with E-state index in [1.165, 1.54) is 0 Å². The molecule has 0 saturated heterocycles. The second-order valence-electron chi connectivity index (χ2n) is 1.04. The summed E-state index contributed by atoms with van der Waals surface area (Å²) in [6, 6.07) is 0. The van der Waals surface area contributed by atoms with Crippen LogP contribution in [0.4, 0.5) is 0 Å². The Morgan fingerprint density at radius 3 is 1.89 bits per heavy atom. The molecule has 5 nitrogen and oxygen atoms in total. The van der Waals surface area contributed by atoms with Crippen molar-refractivity contribution in [2.24, 2.45) is 11.7 Å². The van der Waals surface area contributed by atoms with Crippen LogP contribution in [0.3, 0.4) is 0 Å². The molecule has 0 unspecified atom stereocenters. The molecule has 56 valence electrons. The smallest absolute Gasteiger partial charge is 0.268 e. The maximum atomic E-state index is 9.72. The molecule has 0 rings (SSSR count). The standard InChI is InChI=1S/C3H6O3S.H4N2/c1-2-3-7(4,5)6;1-2/h2H,1,3H2,(H,4,5,6);1-2H2. The highest BCUT2D eigenvalue weighted by Gasteiger charge is 1.95. The van der Waals surface area contributed by atoms with Gasteiger partial charge in [0.2, 0.25) is 0 Å². The van der Waals surface area contributed by atoms with Gasteiger partial charge in [0.05, 0.1) is 5.75 Å². The molecule has 0 amide bonds. The maximum absolute atomic E-state index is 9.72. The molecule has 0 spiro atoms. The fraction of sp³-hybridized carbons (Fsp3) is 0.333. The third-order valence-electron chi connectivity index (χ3n) is 0.328. The summed E-state index contributed by atoms with van der Waals surface area (Å²) in [4.78, 5) is 0. The number of hydrogen-bond donors (Lipinski definition) is 3. The minimum atomic E-state index is -3.79. The fourth-order valence-electron chi connectivity index (χ4n) is 0.149. The molecule has 5 N–H and O–H groups in total. The van der Waals surface area contributed by atoms with Crippen LogP contribution in [-0.4, -0.2) is 18.7 Å². The number of hydrogen-bond acceptors (Lipinski definition) is 4. The van der Waals surface area contributed by atoms with Crippen molar-refractivity contribution < 1.29 is 13.0 Å². The van der Waals surface area contributed by atoms with Crippen molar-refractivity contribution >= 4 is 10.1 Å². The average Bonchev–Trinajstić information content (AvgIpc) is 1.69. The quantitative estimate of drug-likeness (QED) is 0.202. The molecule has 0 radical (unpaired) electrons. The van der Waals surface area contributed by atoms with Gasteiger partial charge in [0.1, 0.15) is 0 Å². The summed E-state index contributed by atoms with van der Waals surface area (Å²) in [5.74, 6) is 7.63. The van der Waals surface area contributed by atoms with Gasteiger partial charge in [-0.15, -0.1) is 6.58 Å². The van der Waals surface area contributed by atoms with E-state index in [0.717, 1.165) is 6.08 Å². The van der Waals surface area contributed by atoms with E-state index < -0.39 is 10.1 Å². The van der Waals surface area contributed by atoms with Crippen LogP contribution in [0.15, 0.2) is 12.7 Å². The van der Waals surface area contributed by atoms with E-state index in [1.54, 1.807) is 0 Å². The number of nitrogens with two attached hydrogens (primary N) is 2. The van der Waals surface area contributed by atoms with Gasteiger partial charge in [-0.1, -0.05) is 6.08 Å². The Balaban J connectivity index is 0. The summed E-state index contributed by atoms with van der Waals surface area (Å²) >= 11 is 0. The highest BCUT2D eigenvalue weighted by Crippen LogP contribution is 1.78. The predicted molar refractivity (Wildman–Crippen MR) is 35.0 cm³/mol. The average molecular weight is 154 g/mol. The Labute approximate surface area is 54.1 Å². The number of hydrazine groups is 1. The van der Waals surface area contributed by atoms with E-state index in [4.69, 9.17) is 4.55 Å². The van der Waals surface area contributed by atoms with E-state index in [0.29, 0.717) is 0 Å². The Kier molecular flexibility index (Phi) is 7.21. The van der Waals surface area contributed by atoms with Crippen LogP contribution in [0.25, 0.3) is 0 Å². The fourth-order valence-corrected chi connectivity index (χ4v) is 0.447. The second kappa shape index (κ2) is 5.70. The van der Waals surface area contributed by atoms with Gasteiger partial charge in [0.15, 0.2) is 0 Å². The predicted octanol–water partition coefficient (Wildman–Crippen LogP) is -1.12. The van der Waals surface area contributed by atoms with Crippen LogP contribution < -0.4 is 11.7 Å². The Bertz CT molecular complexity index is 150. The first kappa shape index (κ1) is 11.4. The molecule has 0 aromatic rings. The molecule has 0 fully saturated rings. The largest absolute Gasteiger partial charge is 0.285 e. The molecule has 0 aliphatic carbocycles. The van der Waals surface area contributed by atoms with Crippen molar-refractivity contribution in [2.75, 3.05) is 5.75 Å². The zero-order valence-corrected chi connectivity index (χ0v) is 5.63. The molecular formula is C3H10N2O3S. The summed E-state index contributed by atoms with van der Waals surface area (Å²) in [5, 5.41) is 0. The van der Waals surface area contributed by atoms with E-state index in [-0.39, 0.29) is 5.75 Å². The van der Waals surface area contributed by atoms with Crippen molar-refractivity contribution in [1.29, 1.82) is 0 Å². The second-order valence-corrected chi connectivity index (χ2v) is 2.53. The third-order valence-corrected chi connectivity index (χ3v) is 0.985. The van der Waals surface area contributed by atoms with Crippen LogP contribution in [-0.2, 0) is 10.1 Å². The van der Waals surface area contributed by atoms with E-state index in [2.05, 4.69) is 18.3 Å². The van der Waals surface area contributed by atoms with Crippen molar-refractivity contribution in [3.8, 4) is 0 Å². The van der Waals surface area contributed by atoms with Gasteiger partial charge in [-0.2, -0.15) is 8.42 Å². The Morgan fingerprint density at radius 2 is 1.89 bits per heavy atom. The minimum absolute atomic E-state index is 0.368. The molecule has 6 heteroatoms. The van der Waals surface area contributed by atoms with Crippen LogP contribution in [0.2, 0.25) is 0 Å². The minimum Gasteiger partial charge on any atom is -0.285 e. The Hall–Kier alpha value is -0.430. The lowest BCUT2D eigenvalue weighted by molar-refractivity contribution is 0.487. The molecule has 0 aliphatic rings. The first-order chi connectivity index (χ1) is 4.06. The van der Waals surface area contributed by atoms with E-state index >= 15 is 0 Å². The first-order valence-electron chi connectivity index (χ1n) is 1.95. The van der Waals surface area contributed by atoms with Gasteiger partial charge in [-0.25, -0.2) is 0 Å². The first-order valence-corrected chi connectivity index (χ1v) is 3.56. The van der Waals surface area contributed by atoms with Gasteiger partial charge in [-0.3, -0.25) is 16.2 Å². The summed E-state index contributed by atoms with van der Waals surface area (Å²) in [6.45, 7) is 3.11. The molecule has 0 bridgehead atoms. The zero-order valence-electron chi connectivity index (χ0n) is 4.82. The van der Waals surface area contributed by atoms with Gasteiger partial charge in [-0.05, 0) is 0 Å². The van der Waals surface area contributed by atoms with Crippen molar-refractivity contribution in [3.05, 3.63) is 12.7 Å². The van der Waals surface area contributed by atoms with Crippen molar-refractivity contribution in [1.82, 2.24) is 0 Å². The highest BCUT2D eigenvalue weighted by atomic mass is 32.2. The summed E-state index contributed by atoms with van der Waals surface area (Å²) in [7, 11) is -3.79. The molecular weight excluding hydrogens is 144 g/mol. The Morgan fingerprint density at radius 1 is 1.56 bits per heavy atom. The highest BCUT2D eigenvalue weighted by molar-refractivity contribution is 7.85. The van der Waals surface area contributed by atoms with Crippen LogP contribution in [0, 0.1) is 0 Å². The molecule has 0 aliphatic heterocycles. The monoisotopic (exact) mass is 154 g/mol. The molecule has 9 heavy (non-hydrogen) atoms. The normalized spacial score (nSPS) is 9.22. The lowest BCUT2D eigenvalue weighted by Crippen LogP contribution is -2.02. The van der Waals surface area contributed by atoms with Gasteiger partial charge >= 0.3 is 0 Å². The van der Waals surface area contributed by atoms with Gasteiger partial charge in [0.25, 0.3) is 10.1 Å². The van der Waals surface area contributed by atoms with Crippen LogP contribution >= 0.6 is 0 Å². The molecule has 0 atom stereocenters. The SMILES string of the molecule is C=CCS(=O)(=O)O.NN. The van der Waals surface area contributed by atoms with Crippen LogP contribution in [0.1, 0.15) is 0 Å². The zero-order chi connectivity index (χ0) is 7.91. The third kappa shape index (κ3) is 18.4. The molecule has 0 aromatic heterocycles. The lowest BCUT2D eigenvalue weighted by Gasteiger charge is -1.82. The number of rotatable bonds is 2. The van der Waals surface area contributed by atoms with Gasteiger partial charge in [0, 0.05) is 0 Å². The lowest BCUT2D eigenvalue weighted by atomic mass is 10.8. The summed E-state index contributed by atoms with van der Waals surface area (Å²) in [6.07, 6.45) is 1.12. The molecule has 0 aromatic carbocycles. The van der Waals surface area contributed by atoms with E-state index in [9.17, 15) is 8.42 Å². The van der Waals surface area contributed by atoms with Crippen molar-refractivity contribution in [3.63, 3.8) is 0 Å².